The number of amides is 1. The number of ether oxygens (including phenoxy) is 1. The van der Waals surface area contributed by atoms with Crippen LogP contribution in [-0.4, -0.2) is 36.4 Å². The highest BCUT2D eigenvalue weighted by atomic mass is 16.6. The topological polar surface area (TPSA) is 84.7 Å². The minimum absolute atomic E-state index is 0.0113. The summed E-state index contributed by atoms with van der Waals surface area (Å²) in [5.74, 6) is 0.555. The van der Waals surface area contributed by atoms with E-state index in [2.05, 4.69) is 5.32 Å². The van der Waals surface area contributed by atoms with Gasteiger partial charge in [0.15, 0.2) is 0 Å². The summed E-state index contributed by atoms with van der Waals surface area (Å²) < 4.78 is 5.15. The number of nitrogens with zero attached hydrogens (tertiary/aromatic N) is 2. The number of rotatable bonds is 7. The maximum Gasteiger partial charge on any atom is 0.274 e. The number of hydrogen-bond acceptors (Lipinski definition) is 5. The van der Waals surface area contributed by atoms with Gasteiger partial charge in [0.2, 0.25) is 5.91 Å². The molecule has 2 aromatic rings. The van der Waals surface area contributed by atoms with Crippen LogP contribution in [0.4, 0.5) is 11.4 Å². The van der Waals surface area contributed by atoms with Gasteiger partial charge in [-0.3, -0.25) is 19.8 Å². The average Bonchev–Trinajstić information content (AvgIpc) is 2.62. The van der Waals surface area contributed by atoms with Crippen molar-refractivity contribution in [3.63, 3.8) is 0 Å². The molecule has 138 valence electrons. The fraction of sp³-hybridized carbons (Fsp3) is 0.316. The molecule has 0 fully saturated rings. The number of nitro groups is 1. The quantitative estimate of drug-likeness (QED) is 0.605. The molecule has 7 nitrogen and oxygen atoms in total. The minimum Gasteiger partial charge on any atom is -0.497 e. The minimum atomic E-state index is -0.455. The molecule has 1 unspecified atom stereocenters. The molecule has 1 N–H and O–H groups in total. The summed E-state index contributed by atoms with van der Waals surface area (Å²) in [4.78, 5) is 24.8. The standard InChI is InChI=1S/C19H23N3O4/c1-13-17(6-5-7-18(13)22(24)25)20-19(23)12-21(3)14(2)15-8-10-16(26-4)11-9-15/h5-11,14H,12H2,1-4H3,(H,20,23). The first-order valence-corrected chi connectivity index (χ1v) is 8.21. The number of likely N-dealkylation sites (N-methyl/N-ethyl adjacent to an activating group) is 1. The molecule has 0 radical (unpaired) electrons. The monoisotopic (exact) mass is 357 g/mol. The number of anilines is 1. The molecule has 2 aromatic carbocycles. The van der Waals surface area contributed by atoms with Crippen molar-refractivity contribution in [1.29, 1.82) is 0 Å². The van der Waals surface area contributed by atoms with Crippen molar-refractivity contribution >= 4 is 17.3 Å². The molecule has 0 heterocycles. The largest absolute Gasteiger partial charge is 0.497 e. The van der Waals surface area contributed by atoms with E-state index in [1.807, 2.05) is 43.1 Å². The zero-order valence-corrected chi connectivity index (χ0v) is 15.4. The van der Waals surface area contributed by atoms with Crippen molar-refractivity contribution in [2.45, 2.75) is 19.9 Å². The zero-order valence-electron chi connectivity index (χ0n) is 15.4. The average molecular weight is 357 g/mol. The van der Waals surface area contributed by atoms with Gasteiger partial charge < -0.3 is 10.1 Å². The highest BCUT2D eigenvalue weighted by Gasteiger charge is 2.18. The molecule has 26 heavy (non-hydrogen) atoms. The number of carbonyl (C=O) groups is 1. The predicted molar refractivity (Wildman–Crippen MR) is 101 cm³/mol. The molecule has 1 atom stereocenters. The van der Waals surface area contributed by atoms with Gasteiger partial charge in [-0.15, -0.1) is 0 Å². The van der Waals surface area contributed by atoms with Crippen LogP contribution in [0.15, 0.2) is 42.5 Å². The van der Waals surface area contributed by atoms with E-state index in [9.17, 15) is 14.9 Å². The Balaban J connectivity index is 2.02. The van der Waals surface area contributed by atoms with E-state index < -0.39 is 4.92 Å². The Morgan fingerprint density at radius 3 is 2.50 bits per heavy atom. The number of benzene rings is 2. The first-order chi connectivity index (χ1) is 12.3. The van der Waals surface area contributed by atoms with E-state index in [4.69, 9.17) is 4.74 Å². The van der Waals surface area contributed by atoms with E-state index in [1.165, 1.54) is 6.07 Å². The molecular formula is C19H23N3O4. The highest BCUT2D eigenvalue weighted by Crippen LogP contribution is 2.25. The number of nitrogens with one attached hydrogen (secondary N) is 1. The second-order valence-electron chi connectivity index (χ2n) is 6.12. The molecule has 0 aliphatic carbocycles. The van der Waals surface area contributed by atoms with Gasteiger partial charge in [0.1, 0.15) is 5.75 Å². The Kier molecular flexibility index (Phi) is 6.30. The second-order valence-corrected chi connectivity index (χ2v) is 6.12. The van der Waals surface area contributed by atoms with Crippen molar-refractivity contribution in [2.24, 2.45) is 0 Å². The normalized spacial score (nSPS) is 11.9. The lowest BCUT2D eigenvalue weighted by molar-refractivity contribution is -0.385. The van der Waals surface area contributed by atoms with Gasteiger partial charge in [-0.2, -0.15) is 0 Å². The summed E-state index contributed by atoms with van der Waals surface area (Å²) in [5.41, 5.74) is 1.95. The molecule has 0 aliphatic heterocycles. The van der Waals surface area contributed by atoms with Gasteiger partial charge in [0.05, 0.1) is 29.8 Å². The van der Waals surface area contributed by atoms with Crippen LogP contribution >= 0.6 is 0 Å². The van der Waals surface area contributed by atoms with Crippen molar-refractivity contribution in [3.8, 4) is 5.75 Å². The smallest absolute Gasteiger partial charge is 0.274 e. The predicted octanol–water partition coefficient (Wildman–Crippen LogP) is 3.54. The van der Waals surface area contributed by atoms with E-state index in [-0.39, 0.29) is 24.2 Å². The summed E-state index contributed by atoms with van der Waals surface area (Å²) in [5, 5.41) is 13.8. The summed E-state index contributed by atoms with van der Waals surface area (Å²) in [6.45, 7) is 3.79. The summed E-state index contributed by atoms with van der Waals surface area (Å²) in [6.07, 6.45) is 0. The van der Waals surface area contributed by atoms with Gasteiger partial charge in [0, 0.05) is 12.1 Å². The SMILES string of the molecule is COc1ccc(C(C)N(C)CC(=O)Nc2cccc([N+](=O)[O-])c2C)cc1. The van der Waals surface area contributed by atoms with Gasteiger partial charge in [-0.25, -0.2) is 0 Å². The summed E-state index contributed by atoms with van der Waals surface area (Å²) in [7, 11) is 3.47. The van der Waals surface area contributed by atoms with Crippen LogP contribution in [0.3, 0.4) is 0 Å². The van der Waals surface area contributed by atoms with E-state index in [0.29, 0.717) is 11.3 Å². The number of carbonyl (C=O) groups excluding carboxylic acids is 1. The Labute approximate surface area is 152 Å². The molecule has 0 saturated heterocycles. The van der Waals surface area contributed by atoms with Crippen LogP contribution < -0.4 is 10.1 Å². The van der Waals surface area contributed by atoms with Crippen molar-refractivity contribution < 1.29 is 14.5 Å². The lowest BCUT2D eigenvalue weighted by atomic mass is 10.1. The molecule has 7 heteroatoms. The Morgan fingerprint density at radius 2 is 1.92 bits per heavy atom. The maximum absolute atomic E-state index is 12.3. The molecule has 0 aliphatic rings. The van der Waals surface area contributed by atoms with Crippen molar-refractivity contribution in [2.75, 3.05) is 26.0 Å². The van der Waals surface area contributed by atoms with Crippen LogP contribution in [0.1, 0.15) is 24.1 Å². The Bertz CT molecular complexity index is 790. The van der Waals surface area contributed by atoms with E-state index >= 15 is 0 Å². The van der Waals surface area contributed by atoms with Crippen LogP contribution in [0, 0.1) is 17.0 Å². The van der Waals surface area contributed by atoms with Crippen LogP contribution in [-0.2, 0) is 4.79 Å². The van der Waals surface area contributed by atoms with Crippen molar-refractivity contribution in [1.82, 2.24) is 4.90 Å². The fourth-order valence-corrected chi connectivity index (χ4v) is 2.65. The van der Waals surface area contributed by atoms with Crippen LogP contribution in [0.5, 0.6) is 5.75 Å². The molecule has 0 spiro atoms. The first-order valence-electron chi connectivity index (χ1n) is 8.21. The van der Waals surface area contributed by atoms with Gasteiger partial charge in [-0.05, 0) is 44.7 Å². The Hall–Kier alpha value is -2.93. The maximum atomic E-state index is 12.3. The van der Waals surface area contributed by atoms with Gasteiger partial charge in [-0.1, -0.05) is 18.2 Å². The lowest BCUT2D eigenvalue weighted by Crippen LogP contribution is -2.32. The molecule has 0 aromatic heterocycles. The summed E-state index contributed by atoms with van der Waals surface area (Å²) in [6, 6.07) is 12.3. The highest BCUT2D eigenvalue weighted by molar-refractivity contribution is 5.93. The fourth-order valence-electron chi connectivity index (χ4n) is 2.65. The third-order valence-electron chi connectivity index (χ3n) is 4.43. The number of nitro benzene ring substituents is 1. The second kappa shape index (κ2) is 8.44. The molecule has 0 saturated carbocycles. The van der Waals surface area contributed by atoms with Crippen LogP contribution in [0.25, 0.3) is 0 Å². The van der Waals surface area contributed by atoms with Crippen LogP contribution in [0.2, 0.25) is 0 Å². The zero-order chi connectivity index (χ0) is 19.3. The number of methoxy groups -OCH3 is 1. The van der Waals surface area contributed by atoms with E-state index in [1.54, 1.807) is 26.2 Å². The van der Waals surface area contributed by atoms with E-state index in [0.717, 1.165) is 11.3 Å². The number of hydrogen-bond donors (Lipinski definition) is 1. The van der Waals surface area contributed by atoms with Gasteiger partial charge in [0.25, 0.3) is 5.69 Å². The summed E-state index contributed by atoms with van der Waals surface area (Å²) >= 11 is 0. The van der Waals surface area contributed by atoms with Crippen molar-refractivity contribution in [3.05, 3.63) is 63.7 Å². The van der Waals surface area contributed by atoms with Gasteiger partial charge >= 0.3 is 0 Å². The Morgan fingerprint density at radius 1 is 1.27 bits per heavy atom. The molecule has 2 rings (SSSR count). The molecule has 1 amide bonds. The molecular weight excluding hydrogens is 334 g/mol. The molecule has 0 bridgehead atoms. The lowest BCUT2D eigenvalue weighted by Gasteiger charge is -2.24. The first kappa shape index (κ1) is 19.4. The third-order valence-corrected chi connectivity index (χ3v) is 4.43. The third kappa shape index (κ3) is 4.58.